The summed E-state index contributed by atoms with van der Waals surface area (Å²) in [6.07, 6.45) is 0. The molecule has 0 bridgehead atoms. The Morgan fingerprint density at radius 1 is 0.481 bits per heavy atom. The van der Waals surface area contributed by atoms with Gasteiger partial charge in [-0.15, -0.1) is 0 Å². The number of aromatic nitrogens is 4. The zero-order chi connectivity index (χ0) is 35.7. The van der Waals surface area contributed by atoms with E-state index < -0.39 is 0 Å². The van der Waals surface area contributed by atoms with Gasteiger partial charge in [0.25, 0.3) is 0 Å². The molecule has 12 rings (SSSR count). The lowest BCUT2D eigenvalue weighted by molar-refractivity contribution is 0.661. The Kier molecular flexibility index (Phi) is 5.78. The van der Waals surface area contributed by atoms with Gasteiger partial charge in [0.05, 0.1) is 22.1 Å². The average Bonchev–Trinajstić information content (AvgIpc) is 3.92. The third-order valence-electron chi connectivity index (χ3n) is 11.7. The number of hydrogen-bond acceptors (Lipinski definition) is 3. The van der Waals surface area contributed by atoms with Gasteiger partial charge in [0.15, 0.2) is 5.58 Å². The molecule has 0 saturated carbocycles. The minimum Gasteiger partial charge on any atom is -0.452 e. The summed E-state index contributed by atoms with van der Waals surface area (Å²) in [5.74, 6) is 0.609. The van der Waals surface area contributed by atoms with E-state index in [0.29, 0.717) is 11.5 Å². The van der Waals surface area contributed by atoms with E-state index >= 15 is 0 Å². The molecule has 54 heavy (non-hydrogen) atoms. The van der Waals surface area contributed by atoms with Crippen molar-refractivity contribution >= 4 is 65.7 Å². The largest absolute Gasteiger partial charge is 0.452 e. The van der Waals surface area contributed by atoms with E-state index in [-0.39, 0.29) is 5.41 Å². The quantitative estimate of drug-likeness (QED) is 0.185. The zero-order valence-electron chi connectivity index (χ0n) is 29.7. The van der Waals surface area contributed by atoms with Crippen LogP contribution in [0.4, 0.5) is 0 Å². The van der Waals surface area contributed by atoms with Crippen LogP contribution in [0.2, 0.25) is 0 Å². The van der Waals surface area contributed by atoms with Crippen LogP contribution in [-0.2, 0) is 5.41 Å². The Bertz CT molecular complexity index is 3310. The van der Waals surface area contributed by atoms with E-state index in [2.05, 4.69) is 144 Å². The lowest BCUT2D eigenvalue weighted by Gasteiger charge is -2.21. The first kappa shape index (κ1) is 29.6. The summed E-state index contributed by atoms with van der Waals surface area (Å²) in [5, 5.41) is 5.78. The van der Waals surface area contributed by atoms with Crippen LogP contribution in [0.25, 0.3) is 99.7 Å². The van der Waals surface area contributed by atoms with Gasteiger partial charge in [-0.05, 0) is 70.8 Å². The van der Waals surface area contributed by atoms with Gasteiger partial charge < -0.3 is 8.98 Å². The molecule has 7 aromatic carbocycles. The van der Waals surface area contributed by atoms with Crippen molar-refractivity contribution in [3.05, 3.63) is 169 Å². The fourth-order valence-electron chi connectivity index (χ4n) is 9.23. The van der Waals surface area contributed by atoms with E-state index in [1.807, 2.05) is 36.4 Å². The van der Waals surface area contributed by atoms with Crippen molar-refractivity contribution < 1.29 is 4.42 Å². The van der Waals surface area contributed by atoms with Gasteiger partial charge in [0.2, 0.25) is 5.95 Å². The maximum absolute atomic E-state index is 6.52. The highest BCUT2D eigenvalue weighted by atomic mass is 16.3. The van der Waals surface area contributed by atoms with Crippen molar-refractivity contribution in [1.29, 1.82) is 0 Å². The lowest BCUT2D eigenvalue weighted by Crippen LogP contribution is -2.14. The van der Waals surface area contributed by atoms with Gasteiger partial charge in [-0.3, -0.25) is 4.57 Å². The fourth-order valence-corrected chi connectivity index (χ4v) is 9.23. The molecule has 1 aliphatic carbocycles. The van der Waals surface area contributed by atoms with Crippen molar-refractivity contribution in [2.24, 2.45) is 0 Å². The van der Waals surface area contributed by atoms with Crippen LogP contribution in [0, 0.1) is 0 Å². The van der Waals surface area contributed by atoms with Crippen LogP contribution in [0.3, 0.4) is 0 Å². The molecule has 0 radical (unpaired) electrons. The Labute approximate surface area is 310 Å². The Morgan fingerprint density at radius 3 is 1.93 bits per heavy atom. The summed E-state index contributed by atoms with van der Waals surface area (Å²) in [7, 11) is 0. The molecule has 0 saturated heterocycles. The van der Waals surface area contributed by atoms with Crippen molar-refractivity contribution in [3.63, 3.8) is 0 Å². The summed E-state index contributed by atoms with van der Waals surface area (Å²) in [5.41, 5.74) is 14.7. The predicted octanol–water partition coefficient (Wildman–Crippen LogP) is 12.5. The van der Waals surface area contributed by atoms with Crippen LogP contribution in [0.5, 0.6) is 0 Å². The van der Waals surface area contributed by atoms with E-state index in [4.69, 9.17) is 14.4 Å². The molecule has 0 fully saturated rings. The zero-order valence-corrected chi connectivity index (χ0v) is 29.7. The van der Waals surface area contributed by atoms with Crippen LogP contribution >= 0.6 is 0 Å². The molecular formula is C49H32N4O. The molecule has 4 heterocycles. The number of furan rings is 1. The highest BCUT2D eigenvalue weighted by Crippen LogP contribution is 2.51. The van der Waals surface area contributed by atoms with Crippen LogP contribution in [0.15, 0.2) is 162 Å². The first-order chi connectivity index (χ1) is 26.5. The number of fused-ring (bicyclic) bond motifs is 12. The van der Waals surface area contributed by atoms with E-state index in [0.717, 1.165) is 49.9 Å². The number of para-hydroxylation sites is 3. The standard InChI is InChI=1S/C49H32N4O/c1-49(2)38-20-10-6-16-31(38)36-28-43-37(27-39(36)49)34-25-24-30(52-40-21-11-7-17-32(40)33-18-8-12-22-41(33)52)26-42(34)53(43)48-50-45(29-14-4-3-5-15-29)47-46(51-48)35-19-9-13-23-44(35)54-47/h3-28H,1-2H3. The summed E-state index contributed by atoms with van der Waals surface area (Å²) >= 11 is 0. The Balaban J connectivity index is 1.23. The molecule has 254 valence electrons. The highest BCUT2D eigenvalue weighted by molar-refractivity contribution is 6.14. The summed E-state index contributed by atoms with van der Waals surface area (Å²) in [4.78, 5) is 10.8. The molecular weight excluding hydrogens is 661 g/mol. The number of hydrogen-bond donors (Lipinski definition) is 0. The van der Waals surface area contributed by atoms with Gasteiger partial charge in [-0.25, -0.2) is 9.97 Å². The molecule has 5 heteroatoms. The molecule has 1 aliphatic rings. The molecule has 5 nitrogen and oxygen atoms in total. The van der Waals surface area contributed by atoms with Crippen LogP contribution in [0.1, 0.15) is 25.0 Å². The second-order valence-corrected chi connectivity index (χ2v) is 15.0. The van der Waals surface area contributed by atoms with Gasteiger partial charge in [-0.2, -0.15) is 0 Å². The topological polar surface area (TPSA) is 48.8 Å². The molecule has 0 spiro atoms. The summed E-state index contributed by atoms with van der Waals surface area (Å²) in [6, 6.07) is 56.3. The number of nitrogens with zero attached hydrogens (tertiary/aromatic N) is 4. The minimum atomic E-state index is -0.136. The molecule has 0 unspecified atom stereocenters. The maximum Gasteiger partial charge on any atom is 0.236 e. The monoisotopic (exact) mass is 692 g/mol. The Morgan fingerprint density at radius 2 is 1.13 bits per heavy atom. The van der Waals surface area contributed by atoms with Gasteiger partial charge in [0.1, 0.15) is 16.8 Å². The first-order valence-corrected chi connectivity index (χ1v) is 18.5. The summed E-state index contributed by atoms with van der Waals surface area (Å²) < 4.78 is 11.2. The SMILES string of the molecule is CC1(C)c2ccccc2-c2cc3c(cc21)c1ccc(-n2c4ccccc4c4ccccc42)cc1n3-c1nc(-c2ccccc2)c2oc3ccccc3c2n1. The molecule has 0 atom stereocenters. The third-order valence-corrected chi connectivity index (χ3v) is 11.7. The molecule has 0 N–H and O–H groups in total. The van der Waals surface area contributed by atoms with Crippen molar-refractivity contribution in [2.45, 2.75) is 19.3 Å². The normalized spacial score (nSPS) is 13.5. The minimum absolute atomic E-state index is 0.136. The van der Waals surface area contributed by atoms with Crippen molar-refractivity contribution in [1.82, 2.24) is 19.1 Å². The fraction of sp³-hybridized carbons (Fsp3) is 0.0612. The van der Waals surface area contributed by atoms with E-state index in [1.54, 1.807) is 0 Å². The molecule has 4 aromatic heterocycles. The average molecular weight is 693 g/mol. The molecule has 0 amide bonds. The first-order valence-electron chi connectivity index (χ1n) is 18.5. The van der Waals surface area contributed by atoms with Gasteiger partial charge in [-0.1, -0.05) is 123 Å². The van der Waals surface area contributed by atoms with Crippen molar-refractivity contribution in [2.75, 3.05) is 0 Å². The van der Waals surface area contributed by atoms with Crippen molar-refractivity contribution in [3.8, 4) is 34.0 Å². The predicted molar refractivity (Wildman–Crippen MR) is 221 cm³/mol. The second kappa shape index (κ2) is 10.6. The summed E-state index contributed by atoms with van der Waals surface area (Å²) in [6.45, 7) is 4.69. The molecule has 11 aromatic rings. The third kappa shape index (κ3) is 3.88. The van der Waals surface area contributed by atoms with Crippen LogP contribution < -0.4 is 0 Å². The van der Waals surface area contributed by atoms with Gasteiger partial charge >= 0.3 is 0 Å². The highest BCUT2D eigenvalue weighted by Gasteiger charge is 2.36. The molecule has 0 aliphatic heterocycles. The lowest BCUT2D eigenvalue weighted by atomic mass is 9.82. The van der Waals surface area contributed by atoms with E-state index in [1.165, 1.54) is 49.4 Å². The Hall–Kier alpha value is -6.98. The number of rotatable bonds is 3. The smallest absolute Gasteiger partial charge is 0.236 e. The van der Waals surface area contributed by atoms with Crippen LogP contribution in [-0.4, -0.2) is 19.1 Å². The number of benzene rings is 7. The maximum atomic E-state index is 6.52. The second-order valence-electron chi connectivity index (χ2n) is 15.0. The van der Waals surface area contributed by atoms with E-state index in [9.17, 15) is 0 Å². The van der Waals surface area contributed by atoms with Gasteiger partial charge in [0, 0.05) is 43.6 Å².